The number of amides is 2. The number of carbonyl (C=O) groups is 1. The van der Waals surface area contributed by atoms with Crippen LogP contribution in [0.2, 0.25) is 0 Å². The Labute approximate surface area is 151 Å². The molecule has 8 nitrogen and oxygen atoms in total. The van der Waals surface area contributed by atoms with Crippen LogP contribution in [0.5, 0.6) is 5.88 Å². The molecule has 134 valence electrons. The van der Waals surface area contributed by atoms with Crippen LogP contribution in [-0.2, 0) is 6.54 Å². The molecule has 0 saturated carbocycles. The fourth-order valence-electron chi connectivity index (χ4n) is 2.53. The highest BCUT2D eigenvalue weighted by Crippen LogP contribution is 2.23. The van der Waals surface area contributed by atoms with E-state index in [1.807, 2.05) is 30.3 Å². The Morgan fingerprint density at radius 2 is 2.12 bits per heavy atom. The molecular weight excluding hydrogens is 332 g/mol. The van der Waals surface area contributed by atoms with Crippen LogP contribution in [0.4, 0.5) is 4.79 Å². The van der Waals surface area contributed by atoms with Crippen LogP contribution < -0.4 is 10.1 Å². The van der Waals surface area contributed by atoms with Crippen LogP contribution in [-0.4, -0.2) is 51.9 Å². The maximum absolute atomic E-state index is 11.8. The van der Waals surface area contributed by atoms with Gasteiger partial charge in [0.05, 0.1) is 42.6 Å². The number of nitrogens with one attached hydrogen (secondary N) is 1. The number of methoxy groups -OCH3 is 1. The van der Waals surface area contributed by atoms with Crippen LogP contribution in [0.1, 0.15) is 5.69 Å². The topological polar surface area (TPSA) is 85.2 Å². The predicted octanol–water partition coefficient (Wildman–Crippen LogP) is 2.11. The molecule has 0 fully saturated rings. The number of urea groups is 1. The molecule has 26 heavy (non-hydrogen) atoms. The van der Waals surface area contributed by atoms with Gasteiger partial charge in [-0.15, -0.1) is 0 Å². The highest BCUT2D eigenvalue weighted by molar-refractivity contribution is 5.73. The number of carbonyl (C=O) groups excluding carboxylic acids is 1. The van der Waals surface area contributed by atoms with E-state index in [4.69, 9.17) is 4.74 Å². The van der Waals surface area contributed by atoms with E-state index in [1.54, 1.807) is 49.2 Å². The summed E-state index contributed by atoms with van der Waals surface area (Å²) >= 11 is 0. The van der Waals surface area contributed by atoms with Crippen molar-refractivity contribution in [2.24, 2.45) is 0 Å². The van der Waals surface area contributed by atoms with Crippen molar-refractivity contribution in [3.05, 3.63) is 54.5 Å². The van der Waals surface area contributed by atoms with Gasteiger partial charge in [-0.1, -0.05) is 6.07 Å². The van der Waals surface area contributed by atoms with E-state index < -0.39 is 0 Å². The molecule has 3 aromatic heterocycles. The number of hydrogen-bond donors (Lipinski definition) is 1. The van der Waals surface area contributed by atoms with Gasteiger partial charge in [0.1, 0.15) is 0 Å². The normalized spacial score (nSPS) is 10.4. The molecule has 0 aliphatic rings. The molecule has 0 bridgehead atoms. The van der Waals surface area contributed by atoms with Gasteiger partial charge in [-0.25, -0.2) is 14.5 Å². The number of pyridine rings is 2. The minimum Gasteiger partial charge on any atom is -0.481 e. The molecule has 1 N–H and O–H groups in total. The minimum absolute atomic E-state index is 0.176. The van der Waals surface area contributed by atoms with Gasteiger partial charge >= 0.3 is 6.03 Å². The molecule has 0 radical (unpaired) electrons. The minimum atomic E-state index is -0.176. The molecule has 0 unspecified atom stereocenters. The highest BCUT2D eigenvalue weighted by Gasteiger charge is 2.16. The van der Waals surface area contributed by atoms with E-state index in [2.05, 4.69) is 20.4 Å². The van der Waals surface area contributed by atoms with Crippen LogP contribution in [0, 0.1) is 0 Å². The summed E-state index contributed by atoms with van der Waals surface area (Å²) < 4.78 is 6.88. The molecule has 3 rings (SSSR count). The first-order valence-corrected chi connectivity index (χ1v) is 8.06. The zero-order chi connectivity index (χ0) is 18.5. The van der Waals surface area contributed by atoms with Crippen molar-refractivity contribution in [2.75, 3.05) is 21.2 Å². The first kappa shape index (κ1) is 17.4. The molecular formula is C18H20N6O2. The fourth-order valence-corrected chi connectivity index (χ4v) is 2.53. The first-order valence-electron chi connectivity index (χ1n) is 8.06. The van der Waals surface area contributed by atoms with Crippen molar-refractivity contribution in [1.29, 1.82) is 0 Å². The van der Waals surface area contributed by atoms with Crippen molar-refractivity contribution < 1.29 is 9.53 Å². The average molecular weight is 352 g/mol. The van der Waals surface area contributed by atoms with E-state index in [-0.39, 0.29) is 6.03 Å². The third-order valence-electron chi connectivity index (χ3n) is 3.82. The monoisotopic (exact) mass is 352 g/mol. The Balaban J connectivity index is 2.01. The molecule has 2 amide bonds. The molecule has 3 heterocycles. The third-order valence-corrected chi connectivity index (χ3v) is 3.82. The maximum Gasteiger partial charge on any atom is 0.317 e. The molecule has 0 spiro atoms. The molecule has 0 aliphatic carbocycles. The summed E-state index contributed by atoms with van der Waals surface area (Å²) in [5.74, 6) is 0.528. The van der Waals surface area contributed by atoms with E-state index in [0.717, 1.165) is 22.8 Å². The smallest absolute Gasteiger partial charge is 0.317 e. The van der Waals surface area contributed by atoms with Gasteiger partial charge in [0.2, 0.25) is 5.88 Å². The molecule has 0 saturated heterocycles. The lowest BCUT2D eigenvalue weighted by Gasteiger charge is -2.14. The Hall–Kier alpha value is -3.42. The van der Waals surface area contributed by atoms with Gasteiger partial charge in [0, 0.05) is 26.4 Å². The summed E-state index contributed by atoms with van der Waals surface area (Å²) in [6.45, 7) is 0.371. The summed E-state index contributed by atoms with van der Waals surface area (Å²) in [7, 11) is 4.88. The molecule has 0 aromatic carbocycles. The fraction of sp³-hybridized carbons (Fsp3) is 0.222. The third kappa shape index (κ3) is 3.64. The summed E-state index contributed by atoms with van der Waals surface area (Å²) in [6, 6.07) is 11.1. The van der Waals surface area contributed by atoms with Crippen LogP contribution >= 0.6 is 0 Å². The molecule has 0 atom stereocenters. The number of nitrogens with zero attached hydrogens (tertiary/aromatic N) is 5. The van der Waals surface area contributed by atoms with Crippen LogP contribution in [0.15, 0.2) is 48.8 Å². The van der Waals surface area contributed by atoms with Crippen LogP contribution in [0.25, 0.3) is 17.1 Å². The number of ether oxygens (including phenoxy) is 1. The molecule has 0 aliphatic heterocycles. The Morgan fingerprint density at radius 1 is 1.27 bits per heavy atom. The lowest BCUT2D eigenvalue weighted by molar-refractivity contribution is 0.208. The second-order valence-corrected chi connectivity index (χ2v) is 5.62. The van der Waals surface area contributed by atoms with Gasteiger partial charge in [0.25, 0.3) is 0 Å². The van der Waals surface area contributed by atoms with E-state index in [9.17, 15) is 4.79 Å². The first-order chi connectivity index (χ1) is 12.6. The predicted molar refractivity (Wildman–Crippen MR) is 97.1 cm³/mol. The Bertz CT molecular complexity index is 876. The SMILES string of the molecule is CNC(=O)N(C)Cc1cc(-c2ccccn2)n(-c2ccc(OC)nc2)n1. The van der Waals surface area contributed by atoms with Crippen molar-refractivity contribution in [3.8, 4) is 23.0 Å². The number of aromatic nitrogens is 4. The van der Waals surface area contributed by atoms with Gasteiger partial charge < -0.3 is 15.0 Å². The second-order valence-electron chi connectivity index (χ2n) is 5.62. The van der Waals surface area contributed by atoms with E-state index >= 15 is 0 Å². The van der Waals surface area contributed by atoms with Crippen LogP contribution in [0.3, 0.4) is 0 Å². The molecule has 8 heteroatoms. The van der Waals surface area contributed by atoms with Crippen molar-refractivity contribution in [1.82, 2.24) is 30.0 Å². The average Bonchev–Trinajstić information content (AvgIpc) is 3.11. The van der Waals surface area contributed by atoms with Gasteiger partial charge in [-0.3, -0.25) is 4.98 Å². The largest absolute Gasteiger partial charge is 0.481 e. The summed E-state index contributed by atoms with van der Waals surface area (Å²) in [6.07, 6.45) is 3.42. The van der Waals surface area contributed by atoms with E-state index in [0.29, 0.717) is 12.4 Å². The number of rotatable bonds is 5. The van der Waals surface area contributed by atoms with Crippen molar-refractivity contribution in [2.45, 2.75) is 6.54 Å². The zero-order valence-electron chi connectivity index (χ0n) is 14.9. The van der Waals surface area contributed by atoms with Crippen molar-refractivity contribution in [3.63, 3.8) is 0 Å². The molecule has 3 aromatic rings. The zero-order valence-corrected chi connectivity index (χ0v) is 14.9. The van der Waals surface area contributed by atoms with Crippen molar-refractivity contribution >= 4 is 6.03 Å². The van der Waals surface area contributed by atoms with Gasteiger partial charge in [-0.05, 0) is 24.3 Å². The second kappa shape index (κ2) is 7.64. The highest BCUT2D eigenvalue weighted by atomic mass is 16.5. The summed E-state index contributed by atoms with van der Waals surface area (Å²) in [5.41, 5.74) is 3.12. The standard InChI is InChI=1S/C18H20N6O2/c1-19-18(25)23(2)12-13-10-16(15-6-4-5-9-20-15)24(22-13)14-7-8-17(26-3)21-11-14/h4-11H,12H2,1-3H3,(H,19,25). The maximum atomic E-state index is 11.8. The summed E-state index contributed by atoms with van der Waals surface area (Å²) in [4.78, 5) is 22.0. The number of hydrogen-bond acceptors (Lipinski definition) is 5. The summed E-state index contributed by atoms with van der Waals surface area (Å²) in [5, 5.41) is 7.24. The lowest BCUT2D eigenvalue weighted by atomic mass is 10.2. The Morgan fingerprint density at radius 3 is 2.73 bits per heavy atom. The van der Waals surface area contributed by atoms with Gasteiger partial charge in [-0.2, -0.15) is 5.10 Å². The van der Waals surface area contributed by atoms with Gasteiger partial charge in [0.15, 0.2) is 0 Å². The quantitative estimate of drug-likeness (QED) is 0.760. The van der Waals surface area contributed by atoms with E-state index in [1.165, 1.54) is 0 Å². The Kier molecular flexibility index (Phi) is 5.12. The lowest BCUT2D eigenvalue weighted by Crippen LogP contribution is -2.34.